The van der Waals surface area contributed by atoms with Crippen LogP contribution in [0.25, 0.3) is 0 Å². The fourth-order valence-electron chi connectivity index (χ4n) is 1.70. The van der Waals surface area contributed by atoms with Crippen LogP contribution in [0.15, 0.2) is 18.2 Å². The molecule has 1 aromatic rings. The van der Waals surface area contributed by atoms with Crippen LogP contribution in [0, 0.1) is 0 Å². The van der Waals surface area contributed by atoms with Crippen LogP contribution in [0.2, 0.25) is 5.02 Å². The van der Waals surface area contributed by atoms with E-state index in [4.69, 9.17) is 16.3 Å². The molecule has 0 aliphatic rings. The maximum absolute atomic E-state index is 12.1. The van der Waals surface area contributed by atoms with Gasteiger partial charge in [0.05, 0.1) is 17.0 Å². The molecule has 22 heavy (non-hydrogen) atoms. The molecule has 0 radical (unpaired) electrons. The lowest BCUT2D eigenvalue weighted by Crippen LogP contribution is -2.27. The van der Waals surface area contributed by atoms with E-state index in [2.05, 4.69) is 5.32 Å². The zero-order chi connectivity index (χ0) is 16.8. The van der Waals surface area contributed by atoms with Crippen LogP contribution in [0.4, 0.5) is 5.69 Å². The van der Waals surface area contributed by atoms with Crippen LogP contribution in [0.1, 0.15) is 23.7 Å². The number of hydrogen-bond acceptors (Lipinski definition) is 4. The highest BCUT2D eigenvalue weighted by molar-refractivity contribution is 7.92. The van der Waals surface area contributed by atoms with Crippen molar-refractivity contribution in [1.82, 2.24) is 5.32 Å². The molecule has 0 unspecified atom stereocenters. The quantitative estimate of drug-likeness (QED) is 0.728. The number of rotatable bonds is 8. The fourth-order valence-corrected chi connectivity index (χ4v) is 2.50. The molecule has 1 rings (SSSR count). The van der Waals surface area contributed by atoms with Crippen molar-refractivity contribution in [2.75, 3.05) is 37.4 Å². The highest BCUT2D eigenvalue weighted by Crippen LogP contribution is 2.27. The third kappa shape index (κ3) is 5.47. The van der Waals surface area contributed by atoms with Crippen molar-refractivity contribution in [3.8, 4) is 0 Å². The number of carbonyl (C=O) groups is 1. The van der Waals surface area contributed by atoms with Gasteiger partial charge in [-0.05, 0) is 31.5 Å². The summed E-state index contributed by atoms with van der Waals surface area (Å²) in [6, 6.07) is 4.52. The lowest BCUT2D eigenvalue weighted by atomic mass is 10.2. The average molecular weight is 349 g/mol. The summed E-state index contributed by atoms with van der Waals surface area (Å²) in [5, 5.41) is 3.02. The van der Waals surface area contributed by atoms with Crippen molar-refractivity contribution < 1.29 is 17.9 Å². The monoisotopic (exact) mass is 348 g/mol. The second-order valence-corrected chi connectivity index (χ2v) is 7.12. The number of halogens is 1. The summed E-state index contributed by atoms with van der Waals surface area (Å²) in [5.41, 5.74) is 0.623. The molecule has 0 aromatic heterocycles. The predicted molar refractivity (Wildman–Crippen MR) is 88.1 cm³/mol. The molecule has 0 fully saturated rings. The van der Waals surface area contributed by atoms with Crippen molar-refractivity contribution in [1.29, 1.82) is 0 Å². The Balaban J connectivity index is 2.78. The summed E-state index contributed by atoms with van der Waals surface area (Å²) in [6.07, 6.45) is 1.78. The van der Waals surface area contributed by atoms with Crippen molar-refractivity contribution in [3.63, 3.8) is 0 Å². The van der Waals surface area contributed by atoms with Gasteiger partial charge in [-0.3, -0.25) is 9.10 Å². The van der Waals surface area contributed by atoms with E-state index in [1.54, 1.807) is 6.07 Å². The lowest BCUT2D eigenvalue weighted by molar-refractivity contribution is 0.0944. The van der Waals surface area contributed by atoms with Gasteiger partial charge in [-0.15, -0.1) is 0 Å². The number of nitrogens with one attached hydrogen (secondary N) is 1. The number of amides is 1. The standard InChI is InChI=1S/C14H21ClN2O4S/c1-4-21-9-5-8-16-14(18)11-6-7-12(15)13(10-11)17(2)22(3,19)20/h6-7,10H,4-5,8-9H2,1-3H3,(H,16,18). The van der Waals surface area contributed by atoms with E-state index >= 15 is 0 Å². The number of nitrogens with zero attached hydrogens (tertiary/aromatic N) is 1. The van der Waals surface area contributed by atoms with E-state index in [-0.39, 0.29) is 16.6 Å². The molecular weight excluding hydrogens is 328 g/mol. The number of anilines is 1. The largest absolute Gasteiger partial charge is 0.382 e. The summed E-state index contributed by atoms with van der Waals surface area (Å²) in [7, 11) is -2.06. The third-order valence-electron chi connectivity index (χ3n) is 3.00. The van der Waals surface area contributed by atoms with Crippen molar-refractivity contribution in [2.45, 2.75) is 13.3 Å². The molecule has 1 N–H and O–H groups in total. The normalized spacial score (nSPS) is 11.3. The molecule has 0 saturated carbocycles. The van der Waals surface area contributed by atoms with Crippen LogP contribution in [-0.4, -0.2) is 47.4 Å². The van der Waals surface area contributed by atoms with Crippen LogP contribution < -0.4 is 9.62 Å². The second-order valence-electron chi connectivity index (χ2n) is 4.70. The smallest absolute Gasteiger partial charge is 0.251 e. The average Bonchev–Trinajstić information content (AvgIpc) is 2.45. The number of hydrogen-bond donors (Lipinski definition) is 1. The van der Waals surface area contributed by atoms with E-state index in [1.807, 2.05) is 6.92 Å². The van der Waals surface area contributed by atoms with Crippen LogP contribution in [-0.2, 0) is 14.8 Å². The van der Waals surface area contributed by atoms with E-state index in [0.717, 1.165) is 10.6 Å². The Bertz CT molecular complexity index is 619. The van der Waals surface area contributed by atoms with Gasteiger partial charge in [-0.25, -0.2) is 8.42 Å². The summed E-state index contributed by atoms with van der Waals surface area (Å²) >= 11 is 6.01. The summed E-state index contributed by atoms with van der Waals surface area (Å²) in [6.45, 7) is 3.62. The van der Waals surface area contributed by atoms with Gasteiger partial charge in [-0.2, -0.15) is 0 Å². The summed E-state index contributed by atoms with van der Waals surface area (Å²) in [4.78, 5) is 12.1. The predicted octanol–water partition coefficient (Wildman–Crippen LogP) is 1.89. The van der Waals surface area contributed by atoms with E-state index in [0.29, 0.717) is 31.7 Å². The Morgan fingerprint density at radius 1 is 1.41 bits per heavy atom. The SMILES string of the molecule is CCOCCCNC(=O)c1ccc(Cl)c(N(C)S(C)(=O)=O)c1. The second kappa shape index (κ2) is 8.36. The van der Waals surface area contributed by atoms with Crippen LogP contribution in [0.3, 0.4) is 0 Å². The summed E-state index contributed by atoms with van der Waals surface area (Å²) < 4.78 is 29.4. The maximum Gasteiger partial charge on any atom is 0.251 e. The zero-order valence-electron chi connectivity index (χ0n) is 12.9. The van der Waals surface area contributed by atoms with Gasteiger partial charge in [0, 0.05) is 32.4 Å². The third-order valence-corrected chi connectivity index (χ3v) is 4.51. The van der Waals surface area contributed by atoms with Crippen LogP contribution in [0.5, 0.6) is 0 Å². The highest BCUT2D eigenvalue weighted by Gasteiger charge is 2.17. The first kappa shape index (κ1) is 18.7. The number of ether oxygens (including phenoxy) is 1. The molecule has 8 heteroatoms. The van der Waals surface area contributed by atoms with Crippen LogP contribution >= 0.6 is 11.6 Å². The van der Waals surface area contributed by atoms with Gasteiger partial charge < -0.3 is 10.1 Å². The molecular formula is C14H21ClN2O4S. The molecule has 124 valence electrons. The number of benzene rings is 1. The Morgan fingerprint density at radius 2 is 2.09 bits per heavy atom. The topological polar surface area (TPSA) is 75.7 Å². The zero-order valence-corrected chi connectivity index (χ0v) is 14.5. The molecule has 0 bridgehead atoms. The van der Waals surface area contributed by atoms with Gasteiger partial charge in [0.1, 0.15) is 0 Å². The molecule has 1 aromatic carbocycles. The maximum atomic E-state index is 12.1. The highest BCUT2D eigenvalue weighted by atomic mass is 35.5. The van der Waals surface area contributed by atoms with Gasteiger partial charge in [0.25, 0.3) is 5.91 Å². The minimum absolute atomic E-state index is 0.265. The molecule has 0 spiro atoms. The fraction of sp³-hybridized carbons (Fsp3) is 0.500. The van der Waals surface area contributed by atoms with E-state index < -0.39 is 10.0 Å². The molecule has 0 saturated heterocycles. The molecule has 0 heterocycles. The van der Waals surface area contributed by atoms with Crippen molar-refractivity contribution in [2.24, 2.45) is 0 Å². The lowest BCUT2D eigenvalue weighted by Gasteiger charge is -2.18. The van der Waals surface area contributed by atoms with Crippen molar-refractivity contribution in [3.05, 3.63) is 28.8 Å². The number of sulfonamides is 1. The van der Waals surface area contributed by atoms with Crippen molar-refractivity contribution >= 4 is 33.2 Å². The molecule has 0 atom stereocenters. The van der Waals surface area contributed by atoms with Gasteiger partial charge >= 0.3 is 0 Å². The number of carbonyl (C=O) groups excluding carboxylic acids is 1. The first-order chi connectivity index (χ1) is 10.3. The molecule has 6 nitrogen and oxygen atoms in total. The minimum atomic E-state index is -3.45. The molecule has 0 aliphatic heterocycles. The van der Waals surface area contributed by atoms with E-state index in [1.165, 1.54) is 19.2 Å². The van der Waals surface area contributed by atoms with Gasteiger partial charge in [-0.1, -0.05) is 11.6 Å². The summed E-state index contributed by atoms with van der Waals surface area (Å²) in [5.74, 6) is -0.281. The molecule has 0 aliphatic carbocycles. The Morgan fingerprint density at radius 3 is 2.68 bits per heavy atom. The minimum Gasteiger partial charge on any atom is -0.382 e. The molecule has 1 amide bonds. The van der Waals surface area contributed by atoms with Gasteiger partial charge in [0.2, 0.25) is 10.0 Å². The Labute approximate surface area is 136 Å². The van der Waals surface area contributed by atoms with E-state index in [9.17, 15) is 13.2 Å². The van der Waals surface area contributed by atoms with Gasteiger partial charge in [0.15, 0.2) is 0 Å². The Kier molecular flexibility index (Phi) is 7.12. The first-order valence-corrected chi connectivity index (χ1v) is 9.09. The Hall–Kier alpha value is -1.31. The first-order valence-electron chi connectivity index (χ1n) is 6.86.